The number of hydrogen-bond donors (Lipinski definition) is 0. The van der Waals surface area contributed by atoms with Crippen LogP contribution in [0.5, 0.6) is 0 Å². The highest BCUT2D eigenvalue weighted by Gasteiger charge is 2.32. The van der Waals surface area contributed by atoms with Gasteiger partial charge in [0.25, 0.3) is 0 Å². The average molecular weight is 319 g/mol. The highest BCUT2D eigenvalue weighted by molar-refractivity contribution is 8.13. The van der Waals surface area contributed by atoms with Crippen LogP contribution in [-0.2, 0) is 16.1 Å². The Labute approximate surface area is 132 Å². The minimum atomic E-state index is 0.0790. The second-order valence-corrected chi connectivity index (χ2v) is 6.50. The van der Waals surface area contributed by atoms with Crippen molar-refractivity contribution in [1.82, 2.24) is 9.78 Å². The van der Waals surface area contributed by atoms with Crippen molar-refractivity contribution in [2.45, 2.75) is 19.9 Å². The van der Waals surface area contributed by atoms with Gasteiger partial charge in [0.2, 0.25) is 5.91 Å². The van der Waals surface area contributed by atoms with E-state index >= 15 is 0 Å². The number of amides is 1. The summed E-state index contributed by atoms with van der Waals surface area (Å²) < 4.78 is 7.09. The fourth-order valence-corrected chi connectivity index (χ4v) is 3.27. The van der Waals surface area contributed by atoms with Crippen molar-refractivity contribution in [2.24, 2.45) is 5.92 Å². The molecule has 116 valence electrons. The summed E-state index contributed by atoms with van der Waals surface area (Å²) in [6, 6.07) is 5.54. The van der Waals surface area contributed by atoms with E-state index in [1.54, 1.807) is 29.0 Å². The fraction of sp³-hybridized carbons (Fsp3) is 0.400. The Hall–Kier alpha value is -2.02. The summed E-state index contributed by atoms with van der Waals surface area (Å²) in [7, 11) is 0. The van der Waals surface area contributed by atoms with Crippen LogP contribution in [-0.4, -0.2) is 33.1 Å². The monoisotopic (exact) mass is 319 g/mol. The number of thioether (sulfide) groups is 1. The molecule has 1 aliphatic heterocycles. The quantitative estimate of drug-likeness (QED) is 0.845. The summed E-state index contributed by atoms with van der Waals surface area (Å²) in [5.41, 5.74) is 0. The molecule has 22 heavy (non-hydrogen) atoms. The summed E-state index contributed by atoms with van der Waals surface area (Å²) >= 11 is 1.28. The van der Waals surface area contributed by atoms with Crippen LogP contribution in [0.1, 0.15) is 19.1 Å². The van der Waals surface area contributed by atoms with Crippen LogP contribution in [0.25, 0.3) is 0 Å². The van der Waals surface area contributed by atoms with Crippen LogP contribution in [0.4, 0.5) is 5.82 Å². The molecule has 0 saturated carbocycles. The van der Waals surface area contributed by atoms with Gasteiger partial charge in [-0.3, -0.25) is 14.5 Å². The minimum absolute atomic E-state index is 0.0790. The number of aromatic nitrogens is 2. The van der Waals surface area contributed by atoms with Gasteiger partial charge in [-0.05, 0) is 18.1 Å². The van der Waals surface area contributed by atoms with Crippen molar-refractivity contribution in [3.05, 3.63) is 36.4 Å². The van der Waals surface area contributed by atoms with E-state index < -0.39 is 0 Å². The SMILES string of the molecule is CC(=O)SCC1CC(=O)N(c2ccnn2Cc2ccco2)C1. The molecule has 0 N–H and O–H groups in total. The third-order valence-corrected chi connectivity index (χ3v) is 4.63. The van der Waals surface area contributed by atoms with Gasteiger partial charge in [0.05, 0.1) is 12.5 Å². The Morgan fingerprint density at radius 2 is 2.36 bits per heavy atom. The maximum absolute atomic E-state index is 12.2. The molecule has 0 aliphatic carbocycles. The van der Waals surface area contributed by atoms with E-state index in [0.717, 1.165) is 11.6 Å². The first-order valence-corrected chi connectivity index (χ1v) is 8.10. The predicted molar refractivity (Wildman–Crippen MR) is 83.6 cm³/mol. The number of furan rings is 1. The Kier molecular flexibility index (Phi) is 4.33. The van der Waals surface area contributed by atoms with E-state index in [-0.39, 0.29) is 16.9 Å². The van der Waals surface area contributed by atoms with E-state index in [0.29, 0.717) is 25.3 Å². The maximum atomic E-state index is 12.2. The number of rotatable bonds is 5. The molecule has 2 aromatic rings. The van der Waals surface area contributed by atoms with E-state index in [1.807, 2.05) is 18.2 Å². The third-order valence-electron chi connectivity index (χ3n) is 3.58. The Bertz CT molecular complexity index is 665. The zero-order chi connectivity index (χ0) is 15.5. The standard InChI is InChI=1S/C15H17N3O3S/c1-11(19)22-10-12-7-15(20)17(8-12)14-4-5-16-18(14)9-13-3-2-6-21-13/h2-6,12H,7-10H2,1H3. The van der Waals surface area contributed by atoms with E-state index in [2.05, 4.69) is 5.10 Å². The van der Waals surface area contributed by atoms with Crippen LogP contribution in [0, 0.1) is 5.92 Å². The maximum Gasteiger partial charge on any atom is 0.228 e. The molecule has 1 atom stereocenters. The molecule has 0 radical (unpaired) electrons. The Morgan fingerprint density at radius 3 is 3.09 bits per heavy atom. The van der Waals surface area contributed by atoms with Crippen molar-refractivity contribution >= 4 is 28.6 Å². The number of hydrogen-bond acceptors (Lipinski definition) is 5. The second kappa shape index (κ2) is 6.39. The molecule has 6 nitrogen and oxygen atoms in total. The number of anilines is 1. The lowest BCUT2D eigenvalue weighted by molar-refractivity contribution is -0.117. The molecule has 1 saturated heterocycles. The Morgan fingerprint density at radius 1 is 1.50 bits per heavy atom. The van der Waals surface area contributed by atoms with E-state index in [1.165, 1.54) is 11.8 Å². The molecular formula is C15H17N3O3S. The molecule has 0 spiro atoms. The van der Waals surface area contributed by atoms with Gasteiger partial charge >= 0.3 is 0 Å². The first kappa shape index (κ1) is 14.9. The highest BCUT2D eigenvalue weighted by atomic mass is 32.2. The van der Waals surface area contributed by atoms with Gasteiger partial charge < -0.3 is 4.42 Å². The number of carbonyl (C=O) groups is 2. The van der Waals surface area contributed by atoms with E-state index in [9.17, 15) is 9.59 Å². The molecule has 3 rings (SSSR count). The molecule has 2 aromatic heterocycles. The molecule has 1 fully saturated rings. The summed E-state index contributed by atoms with van der Waals surface area (Å²) in [4.78, 5) is 25.1. The van der Waals surface area contributed by atoms with Gasteiger partial charge in [-0.2, -0.15) is 5.10 Å². The molecule has 1 amide bonds. The summed E-state index contributed by atoms with van der Waals surface area (Å²) in [5.74, 6) is 2.53. The van der Waals surface area contributed by atoms with E-state index in [4.69, 9.17) is 4.42 Å². The lowest BCUT2D eigenvalue weighted by Crippen LogP contribution is -2.27. The van der Waals surface area contributed by atoms with Crippen molar-refractivity contribution in [1.29, 1.82) is 0 Å². The Balaban J connectivity index is 1.70. The smallest absolute Gasteiger partial charge is 0.228 e. The lowest BCUT2D eigenvalue weighted by atomic mass is 10.1. The summed E-state index contributed by atoms with van der Waals surface area (Å²) in [6.07, 6.45) is 3.78. The normalized spacial score (nSPS) is 18.1. The fourth-order valence-electron chi connectivity index (χ4n) is 2.58. The van der Waals surface area contributed by atoms with Gasteiger partial charge in [-0.1, -0.05) is 11.8 Å². The van der Waals surface area contributed by atoms with Crippen molar-refractivity contribution in [2.75, 3.05) is 17.2 Å². The van der Waals surface area contributed by atoms with Crippen LogP contribution >= 0.6 is 11.8 Å². The number of carbonyl (C=O) groups excluding carboxylic acids is 2. The highest BCUT2D eigenvalue weighted by Crippen LogP contribution is 2.27. The van der Waals surface area contributed by atoms with Crippen LogP contribution in [0.3, 0.4) is 0 Å². The van der Waals surface area contributed by atoms with Gasteiger partial charge in [0, 0.05) is 31.7 Å². The number of nitrogens with zero attached hydrogens (tertiary/aromatic N) is 3. The predicted octanol–water partition coefficient (Wildman–Crippen LogP) is 2.16. The zero-order valence-corrected chi connectivity index (χ0v) is 13.1. The molecule has 7 heteroatoms. The average Bonchev–Trinajstić information content (AvgIpc) is 3.18. The van der Waals surface area contributed by atoms with Gasteiger partial charge in [-0.15, -0.1) is 0 Å². The van der Waals surface area contributed by atoms with Gasteiger partial charge in [0.1, 0.15) is 18.1 Å². The minimum Gasteiger partial charge on any atom is -0.467 e. The summed E-state index contributed by atoms with van der Waals surface area (Å²) in [6.45, 7) is 2.67. The molecular weight excluding hydrogens is 302 g/mol. The molecule has 0 bridgehead atoms. The van der Waals surface area contributed by atoms with Crippen molar-refractivity contribution < 1.29 is 14.0 Å². The van der Waals surface area contributed by atoms with Crippen molar-refractivity contribution in [3.8, 4) is 0 Å². The van der Waals surface area contributed by atoms with Gasteiger partial charge in [0.15, 0.2) is 5.12 Å². The topological polar surface area (TPSA) is 68.3 Å². The van der Waals surface area contributed by atoms with Crippen LogP contribution < -0.4 is 4.90 Å². The first-order valence-electron chi connectivity index (χ1n) is 7.11. The van der Waals surface area contributed by atoms with Crippen LogP contribution in [0.2, 0.25) is 0 Å². The second-order valence-electron chi connectivity index (χ2n) is 5.30. The molecule has 3 heterocycles. The van der Waals surface area contributed by atoms with Gasteiger partial charge in [-0.25, -0.2) is 4.68 Å². The third kappa shape index (κ3) is 3.24. The largest absolute Gasteiger partial charge is 0.467 e. The molecule has 1 unspecified atom stereocenters. The van der Waals surface area contributed by atoms with Crippen molar-refractivity contribution in [3.63, 3.8) is 0 Å². The first-order chi connectivity index (χ1) is 10.6. The summed E-state index contributed by atoms with van der Waals surface area (Å²) in [5, 5.41) is 4.36. The van der Waals surface area contributed by atoms with Crippen LogP contribution in [0.15, 0.2) is 35.1 Å². The molecule has 0 aromatic carbocycles. The molecule has 1 aliphatic rings. The zero-order valence-electron chi connectivity index (χ0n) is 12.3. The lowest BCUT2D eigenvalue weighted by Gasteiger charge is -2.17.